The molecule has 1 aliphatic heterocycles. The molecule has 5 nitrogen and oxygen atoms in total. The molecule has 0 radical (unpaired) electrons. The summed E-state index contributed by atoms with van der Waals surface area (Å²) in [6, 6.07) is -0.308. The second-order valence-corrected chi connectivity index (χ2v) is 4.63. The number of amides is 3. The molecular formula is C10H18N2O3. The number of imide groups is 1. The van der Waals surface area contributed by atoms with E-state index in [-0.39, 0.29) is 30.5 Å². The van der Waals surface area contributed by atoms with E-state index < -0.39 is 0 Å². The molecule has 2 N–H and O–H groups in total. The topological polar surface area (TPSA) is 69.6 Å². The maximum atomic E-state index is 11.3. The highest BCUT2D eigenvalue weighted by molar-refractivity contribution is 6.01. The zero-order chi connectivity index (χ0) is 11.5. The van der Waals surface area contributed by atoms with Crippen molar-refractivity contribution in [3.8, 4) is 0 Å². The molecule has 1 rings (SSSR count). The first kappa shape index (κ1) is 12.0. The van der Waals surface area contributed by atoms with Gasteiger partial charge in [0.2, 0.25) is 5.91 Å². The van der Waals surface area contributed by atoms with Gasteiger partial charge in [-0.15, -0.1) is 0 Å². The molecule has 1 aliphatic rings. The van der Waals surface area contributed by atoms with Crippen LogP contribution in [0.25, 0.3) is 0 Å². The van der Waals surface area contributed by atoms with Gasteiger partial charge in [0, 0.05) is 13.2 Å². The van der Waals surface area contributed by atoms with Crippen molar-refractivity contribution in [3.63, 3.8) is 0 Å². The summed E-state index contributed by atoms with van der Waals surface area (Å²) in [6.07, 6.45) is 1.48. The summed E-state index contributed by atoms with van der Waals surface area (Å²) in [6.45, 7) is 4.64. The van der Waals surface area contributed by atoms with Gasteiger partial charge in [-0.05, 0) is 18.3 Å². The Labute approximate surface area is 89.4 Å². The van der Waals surface area contributed by atoms with Gasteiger partial charge in [0.05, 0.1) is 6.54 Å². The Balaban J connectivity index is 2.52. The van der Waals surface area contributed by atoms with Gasteiger partial charge < -0.3 is 10.4 Å². The van der Waals surface area contributed by atoms with Gasteiger partial charge in [-0.2, -0.15) is 0 Å². The number of carbonyl (C=O) groups excluding carboxylic acids is 2. The largest absolute Gasteiger partial charge is 0.396 e. The van der Waals surface area contributed by atoms with E-state index in [1.807, 2.05) is 13.8 Å². The van der Waals surface area contributed by atoms with Crippen molar-refractivity contribution in [1.82, 2.24) is 10.2 Å². The van der Waals surface area contributed by atoms with E-state index in [0.717, 1.165) is 6.42 Å². The van der Waals surface area contributed by atoms with Crippen molar-refractivity contribution in [2.45, 2.75) is 26.7 Å². The molecule has 0 bridgehead atoms. The van der Waals surface area contributed by atoms with Crippen LogP contribution in [0.3, 0.4) is 0 Å². The van der Waals surface area contributed by atoms with Crippen molar-refractivity contribution < 1.29 is 14.7 Å². The minimum absolute atomic E-state index is 0.106. The Bertz CT molecular complexity index is 247. The van der Waals surface area contributed by atoms with E-state index in [2.05, 4.69) is 5.32 Å². The van der Waals surface area contributed by atoms with E-state index in [4.69, 9.17) is 5.11 Å². The monoisotopic (exact) mass is 214 g/mol. The maximum Gasteiger partial charge on any atom is 0.324 e. The average molecular weight is 214 g/mol. The van der Waals surface area contributed by atoms with Crippen LogP contribution in [0.1, 0.15) is 26.7 Å². The Morgan fingerprint density at radius 2 is 2.13 bits per heavy atom. The van der Waals surface area contributed by atoms with Crippen LogP contribution in [0.4, 0.5) is 4.79 Å². The highest BCUT2D eigenvalue weighted by Gasteiger charge is 2.33. The second kappa shape index (κ2) is 4.61. The number of aliphatic hydroxyl groups is 1. The second-order valence-electron chi connectivity index (χ2n) is 4.63. The third-order valence-electron chi connectivity index (χ3n) is 2.53. The van der Waals surface area contributed by atoms with Crippen molar-refractivity contribution in [1.29, 1.82) is 0 Å². The Morgan fingerprint density at radius 3 is 2.60 bits per heavy atom. The molecule has 3 amide bonds. The van der Waals surface area contributed by atoms with E-state index in [1.165, 1.54) is 4.90 Å². The highest BCUT2D eigenvalue weighted by atomic mass is 16.3. The van der Waals surface area contributed by atoms with Gasteiger partial charge >= 0.3 is 6.03 Å². The van der Waals surface area contributed by atoms with Crippen LogP contribution in [-0.4, -0.2) is 41.6 Å². The summed E-state index contributed by atoms with van der Waals surface area (Å²) < 4.78 is 0. The third kappa shape index (κ3) is 3.20. The SMILES string of the molecule is CC(C)(CCCO)CN1C(=O)CNC1=O. The van der Waals surface area contributed by atoms with Crippen molar-refractivity contribution >= 4 is 11.9 Å². The molecule has 0 aromatic heterocycles. The number of carbonyl (C=O) groups is 2. The predicted octanol–water partition coefficient (Wildman–Crippen LogP) is 0.337. The molecule has 86 valence electrons. The van der Waals surface area contributed by atoms with E-state index >= 15 is 0 Å². The number of urea groups is 1. The number of hydrogen-bond acceptors (Lipinski definition) is 3. The Kier molecular flexibility index (Phi) is 3.68. The van der Waals surface area contributed by atoms with E-state index in [1.54, 1.807) is 0 Å². The summed E-state index contributed by atoms with van der Waals surface area (Å²) in [5.74, 6) is -0.169. The fourth-order valence-electron chi connectivity index (χ4n) is 1.68. The maximum absolute atomic E-state index is 11.3. The summed E-state index contributed by atoms with van der Waals surface area (Å²) in [5, 5.41) is 11.2. The average Bonchev–Trinajstić information content (AvgIpc) is 2.46. The van der Waals surface area contributed by atoms with Gasteiger partial charge in [-0.3, -0.25) is 9.69 Å². The van der Waals surface area contributed by atoms with Crippen LogP contribution in [0.15, 0.2) is 0 Å². The molecule has 0 aliphatic carbocycles. The molecule has 1 fully saturated rings. The van der Waals surface area contributed by atoms with Crippen LogP contribution in [0.2, 0.25) is 0 Å². The number of nitrogens with one attached hydrogen (secondary N) is 1. The fourth-order valence-corrected chi connectivity index (χ4v) is 1.68. The van der Waals surface area contributed by atoms with Crippen LogP contribution in [0, 0.1) is 5.41 Å². The van der Waals surface area contributed by atoms with Crippen LogP contribution >= 0.6 is 0 Å². The minimum Gasteiger partial charge on any atom is -0.396 e. The van der Waals surface area contributed by atoms with Crippen LogP contribution in [-0.2, 0) is 4.79 Å². The number of hydrogen-bond donors (Lipinski definition) is 2. The molecule has 0 aromatic rings. The van der Waals surface area contributed by atoms with Crippen LogP contribution in [0.5, 0.6) is 0 Å². The van der Waals surface area contributed by atoms with E-state index in [9.17, 15) is 9.59 Å². The molecular weight excluding hydrogens is 196 g/mol. The first-order valence-electron chi connectivity index (χ1n) is 5.15. The van der Waals surface area contributed by atoms with Crippen molar-refractivity contribution in [2.75, 3.05) is 19.7 Å². The third-order valence-corrected chi connectivity index (χ3v) is 2.53. The molecule has 1 saturated heterocycles. The van der Waals surface area contributed by atoms with Gasteiger partial charge in [-0.25, -0.2) is 4.79 Å². The molecule has 5 heteroatoms. The lowest BCUT2D eigenvalue weighted by Gasteiger charge is -2.28. The number of aliphatic hydroxyl groups excluding tert-OH is 1. The lowest BCUT2D eigenvalue weighted by molar-refractivity contribution is -0.126. The Hall–Kier alpha value is -1.10. The molecule has 0 saturated carbocycles. The van der Waals surface area contributed by atoms with Gasteiger partial charge in [0.15, 0.2) is 0 Å². The first-order chi connectivity index (χ1) is 6.96. The zero-order valence-corrected chi connectivity index (χ0v) is 9.25. The van der Waals surface area contributed by atoms with Gasteiger partial charge in [0.1, 0.15) is 0 Å². The van der Waals surface area contributed by atoms with Gasteiger partial charge in [-0.1, -0.05) is 13.8 Å². The van der Waals surface area contributed by atoms with Crippen molar-refractivity contribution in [2.24, 2.45) is 5.41 Å². The quantitative estimate of drug-likeness (QED) is 0.648. The normalized spacial score (nSPS) is 17.1. The molecule has 15 heavy (non-hydrogen) atoms. The minimum atomic E-state index is -0.308. The lowest BCUT2D eigenvalue weighted by Crippen LogP contribution is -2.39. The molecule has 0 unspecified atom stereocenters. The van der Waals surface area contributed by atoms with Gasteiger partial charge in [0.25, 0.3) is 0 Å². The number of nitrogens with zero attached hydrogens (tertiary/aromatic N) is 1. The smallest absolute Gasteiger partial charge is 0.324 e. The predicted molar refractivity (Wildman–Crippen MR) is 55.2 cm³/mol. The van der Waals surface area contributed by atoms with E-state index in [0.29, 0.717) is 13.0 Å². The summed E-state index contributed by atoms with van der Waals surface area (Å²) in [7, 11) is 0. The summed E-state index contributed by atoms with van der Waals surface area (Å²) in [4.78, 5) is 23.9. The van der Waals surface area contributed by atoms with Crippen molar-refractivity contribution in [3.05, 3.63) is 0 Å². The molecule has 0 spiro atoms. The summed E-state index contributed by atoms with van der Waals surface area (Å²) >= 11 is 0. The molecule has 0 atom stereocenters. The number of rotatable bonds is 5. The first-order valence-corrected chi connectivity index (χ1v) is 5.15. The standard InChI is InChI=1S/C10H18N2O3/c1-10(2,4-3-5-13)7-12-8(14)6-11-9(12)15/h13H,3-7H2,1-2H3,(H,11,15). The zero-order valence-electron chi connectivity index (χ0n) is 9.25. The Morgan fingerprint density at radius 1 is 1.47 bits per heavy atom. The molecule has 1 heterocycles. The highest BCUT2D eigenvalue weighted by Crippen LogP contribution is 2.24. The van der Waals surface area contributed by atoms with Crippen LogP contribution < -0.4 is 5.32 Å². The lowest BCUT2D eigenvalue weighted by atomic mass is 9.87. The fraction of sp³-hybridized carbons (Fsp3) is 0.800. The summed E-state index contributed by atoms with van der Waals surface area (Å²) in [5.41, 5.74) is -0.139. The molecule has 0 aromatic carbocycles.